The van der Waals surface area contributed by atoms with Gasteiger partial charge in [-0.3, -0.25) is 5.32 Å². The number of carbonyl (C=O) groups is 1. The predicted molar refractivity (Wildman–Crippen MR) is 87.4 cm³/mol. The number of urea groups is 1. The summed E-state index contributed by atoms with van der Waals surface area (Å²) in [6.45, 7) is 2.57. The molecule has 3 aromatic rings. The summed E-state index contributed by atoms with van der Waals surface area (Å²) in [7, 11) is 0. The standard InChI is InChI=1S/C15H17N5OS/c1-11-8-13-17-9-12(10-20(13)19-11)4-2-6-16-15(21)18-14-5-3-7-22-14/h3,5,7-10H,2,4,6H2,1H3,(H2,16,18,21). The van der Waals surface area contributed by atoms with Crippen LogP contribution in [0.5, 0.6) is 0 Å². The first kappa shape index (κ1) is 14.5. The maximum absolute atomic E-state index is 11.7. The zero-order valence-electron chi connectivity index (χ0n) is 12.2. The van der Waals surface area contributed by atoms with Crippen LogP contribution >= 0.6 is 11.3 Å². The molecule has 0 aromatic carbocycles. The average molecular weight is 315 g/mol. The zero-order chi connectivity index (χ0) is 15.4. The van der Waals surface area contributed by atoms with E-state index in [9.17, 15) is 4.79 Å². The first-order valence-electron chi connectivity index (χ1n) is 7.10. The van der Waals surface area contributed by atoms with E-state index in [0.29, 0.717) is 6.54 Å². The Morgan fingerprint density at radius 1 is 1.45 bits per heavy atom. The SMILES string of the molecule is Cc1cc2ncc(CCCNC(=O)Nc3cccs3)cn2n1. The molecule has 2 amide bonds. The van der Waals surface area contributed by atoms with Gasteiger partial charge >= 0.3 is 6.03 Å². The molecule has 7 heteroatoms. The maximum Gasteiger partial charge on any atom is 0.319 e. The monoisotopic (exact) mass is 315 g/mol. The molecule has 0 aliphatic heterocycles. The van der Waals surface area contributed by atoms with Gasteiger partial charge in [0.05, 0.1) is 10.7 Å². The van der Waals surface area contributed by atoms with Gasteiger partial charge in [-0.1, -0.05) is 0 Å². The molecule has 0 aliphatic carbocycles. The van der Waals surface area contributed by atoms with Gasteiger partial charge in [0, 0.05) is 25.0 Å². The van der Waals surface area contributed by atoms with Gasteiger partial charge < -0.3 is 5.32 Å². The van der Waals surface area contributed by atoms with Gasteiger partial charge in [-0.25, -0.2) is 14.3 Å². The first-order valence-corrected chi connectivity index (χ1v) is 7.98. The summed E-state index contributed by atoms with van der Waals surface area (Å²) in [5, 5.41) is 12.8. The first-order chi connectivity index (χ1) is 10.7. The molecule has 3 aromatic heterocycles. The predicted octanol–water partition coefficient (Wildman–Crippen LogP) is 2.85. The normalized spacial score (nSPS) is 10.8. The van der Waals surface area contributed by atoms with Gasteiger partial charge in [0.2, 0.25) is 0 Å². The van der Waals surface area contributed by atoms with Crippen molar-refractivity contribution in [2.75, 3.05) is 11.9 Å². The van der Waals surface area contributed by atoms with Crippen molar-refractivity contribution >= 4 is 28.0 Å². The van der Waals surface area contributed by atoms with Crippen LogP contribution in [0, 0.1) is 6.92 Å². The van der Waals surface area contributed by atoms with E-state index >= 15 is 0 Å². The fraction of sp³-hybridized carbons (Fsp3) is 0.267. The Bertz CT molecular complexity index is 765. The Hall–Kier alpha value is -2.41. The average Bonchev–Trinajstić information content (AvgIpc) is 3.11. The van der Waals surface area contributed by atoms with Crippen LogP contribution in [0.15, 0.2) is 36.0 Å². The third-order valence-electron chi connectivity index (χ3n) is 3.17. The molecule has 0 saturated carbocycles. The summed E-state index contributed by atoms with van der Waals surface area (Å²) in [5.41, 5.74) is 2.92. The van der Waals surface area contributed by atoms with E-state index in [2.05, 4.69) is 20.7 Å². The number of fused-ring (bicyclic) bond motifs is 1. The second-order valence-electron chi connectivity index (χ2n) is 5.01. The Labute approximate surface area is 132 Å². The van der Waals surface area contributed by atoms with Gasteiger partial charge in [0.1, 0.15) is 0 Å². The van der Waals surface area contributed by atoms with E-state index in [1.807, 2.05) is 42.9 Å². The number of hydrogen-bond acceptors (Lipinski definition) is 4. The second-order valence-corrected chi connectivity index (χ2v) is 5.96. The largest absolute Gasteiger partial charge is 0.338 e. The van der Waals surface area contributed by atoms with Crippen LogP contribution in [0.25, 0.3) is 5.65 Å². The van der Waals surface area contributed by atoms with Crippen LogP contribution in [0.1, 0.15) is 17.7 Å². The molecular formula is C15H17N5OS. The van der Waals surface area contributed by atoms with Crippen molar-refractivity contribution in [1.29, 1.82) is 0 Å². The lowest BCUT2D eigenvalue weighted by Gasteiger charge is -2.06. The van der Waals surface area contributed by atoms with Gasteiger partial charge in [-0.05, 0) is 42.8 Å². The highest BCUT2D eigenvalue weighted by molar-refractivity contribution is 7.14. The fourth-order valence-corrected chi connectivity index (χ4v) is 2.78. The Kier molecular flexibility index (Phi) is 4.34. The van der Waals surface area contributed by atoms with E-state index < -0.39 is 0 Å². The second kappa shape index (κ2) is 6.57. The summed E-state index contributed by atoms with van der Waals surface area (Å²) in [4.78, 5) is 16.0. The number of anilines is 1. The number of amides is 2. The molecule has 0 fully saturated rings. The highest BCUT2D eigenvalue weighted by Gasteiger charge is 2.03. The van der Waals surface area contributed by atoms with Crippen molar-refractivity contribution in [3.8, 4) is 0 Å². The van der Waals surface area contributed by atoms with Crippen LogP contribution in [0.2, 0.25) is 0 Å². The molecule has 0 saturated heterocycles. The maximum atomic E-state index is 11.7. The van der Waals surface area contributed by atoms with Crippen molar-refractivity contribution in [2.45, 2.75) is 19.8 Å². The Balaban J connectivity index is 1.44. The minimum absolute atomic E-state index is 0.168. The molecule has 3 rings (SSSR count). The molecule has 0 spiro atoms. The molecule has 0 unspecified atom stereocenters. The van der Waals surface area contributed by atoms with E-state index in [0.717, 1.165) is 34.7 Å². The smallest absolute Gasteiger partial charge is 0.319 e. The molecule has 2 N–H and O–H groups in total. The minimum Gasteiger partial charge on any atom is -0.338 e. The van der Waals surface area contributed by atoms with Gasteiger partial charge in [-0.15, -0.1) is 11.3 Å². The molecule has 114 valence electrons. The minimum atomic E-state index is -0.168. The number of thiophene rings is 1. The van der Waals surface area contributed by atoms with Crippen molar-refractivity contribution in [1.82, 2.24) is 19.9 Å². The summed E-state index contributed by atoms with van der Waals surface area (Å²) in [6.07, 6.45) is 5.55. The summed E-state index contributed by atoms with van der Waals surface area (Å²) in [6, 6.07) is 5.55. The zero-order valence-corrected chi connectivity index (χ0v) is 13.1. The van der Waals surface area contributed by atoms with E-state index in [-0.39, 0.29) is 6.03 Å². The number of rotatable bonds is 5. The lowest BCUT2D eigenvalue weighted by Crippen LogP contribution is -2.29. The Morgan fingerprint density at radius 2 is 2.36 bits per heavy atom. The highest BCUT2D eigenvalue weighted by atomic mass is 32.1. The third kappa shape index (κ3) is 3.62. The number of nitrogens with zero attached hydrogens (tertiary/aromatic N) is 3. The van der Waals surface area contributed by atoms with E-state index in [4.69, 9.17) is 0 Å². The molecule has 3 heterocycles. The number of hydrogen-bond donors (Lipinski definition) is 2. The molecule has 22 heavy (non-hydrogen) atoms. The molecule has 0 radical (unpaired) electrons. The van der Waals surface area contributed by atoms with Crippen molar-refractivity contribution in [2.24, 2.45) is 0 Å². The molecule has 0 aliphatic rings. The van der Waals surface area contributed by atoms with Gasteiger partial charge in [-0.2, -0.15) is 5.10 Å². The van der Waals surface area contributed by atoms with Gasteiger partial charge in [0.25, 0.3) is 0 Å². The van der Waals surface area contributed by atoms with Crippen molar-refractivity contribution in [3.63, 3.8) is 0 Å². The third-order valence-corrected chi connectivity index (χ3v) is 3.96. The lowest BCUT2D eigenvalue weighted by molar-refractivity contribution is 0.252. The molecular weight excluding hydrogens is 298 g/mol. The quantitative estimate of drug-likeness (QED) is 0.711. The van der Waals surface area contributed by atoms with Crippen LogP contribution in [-0.4, -0.2) is 27.2 Å². The molecule has 0 atom stereocenters. The summed E-state index contributed by atoms with van der Waals surface area (Å²) >= 11 is 1.50. The number of aromatic nitrogens is 3. The fourth-order valence-electron chi connectivity index (χ4n) is 2.16. The van der Waals surface area contributed by atoms with E-state index in [1.54, 1.807) is 4.52 Å². The summed E-state index contributed by atoms with van der Waals surface area (Å²) in [5.74, 6) is 0. The number of aryl methyl sites for hydroxylation is 2. The van der Waals surface area contributed by atoms with Crippen LogP contribution in [0.4, 0.5) is 9.80 Å². The van der Waals surface area contributed by atoms with Crippen molar-refractivity contribution in [3.05, 3.63) is 47.2 Å². The van der Waals surface area contributed by atoms with Crippen LogP contribution in [-0.2, 0) is 6.42 Å². The molecule has 6 nitrogen and oxygen atoms in total. The topological polar surface area (TPSA) is 71.3 Å². The highest BCUT2D eigenvalue weighted by Crippen LogP contribution is 2.14. The number of carbonyl (C=O) groups excluding carboxylic acids is 1. The molecule has 0 bridgehead atoms. The summed E-state index contributed by atoms with van der Waals surface area (Å²) < 4.78 is 1.79. The van der Waals surface area contributed by atoms with E-state index in [1.165, 1.54) is 11.3 Å². The van der Waals surface area contributed by atoms with Gasteiger partial charge in [0.15, 0.2) is 5.65 Å². The Morgan fingerprint density at radius 3 is 3.18 bits per heavy atom. The van der Waals surface area contributed by atoms with Crippen LogP contribution in [0.3, 0.4) is 0 Å². The lowest BCUT2D eigenvalue weighted by atomic mass is 10.2. The van der Waals surface area contributed by atoms with Crippen LogP contribution < -0.4 is 10.6 Å². The van der Waals surface area contributed by atoms with Crippen molar-refractivity contribution < 1.29 is 4.79 Å². The number of nitrogens with one attached hydrogen (secondary N) is 2.